The van der Waals surface area contributed by atoms with Crippen LogP contribution in [0.1, 0.15) is 98.9 Å². The van der Waals surface area contributed by atoms with Gasteiger partial charge in [0.25, 0.3) is 0 Å². The molecule has 6 rings (SSSR count). The molecule has 2 aliphatic rings. The van der Waals surface area contributed by atoms with Crippen LogP contribution < -0.4 is 0 Å². The summed E-state index contributed by atoms with van der Waals surface area (Å²) in [7, 11) is 0. The number of thiophene rings is 1. The molecule has 0 atom stereocenters. The van der Waals surface area contributed by atoms with Crippen molar-refractivity contribution in [1.29, 1.82) is 0 Å². The summed E-state index contributed by atoms with van der Waals surface area (Å²) in [5, 5.41) is 4.07. The largest absolute Gasteiger partial charge is 0.257 e. The van der Waals surface area contributed by atoms with Crippen LogP contribution in [0.2, 0.25) is 0 Å². The van der Waals surface area contributed by atoms with Crippen molar-refractivity contribution in [2.45, 2.75) is 78.6 Å². The first-order valence-corrected chi connectivity index (χ1v) is 14.6. The van der Waals surface area contributed by atoms with Crippen LogP contribution in [0.3, 0.4) is 0 Å². The molecule has 0 amide bonds. The Hall–Kier alpha value is -2.84. The molecule has 0 bridgehead atoms. The number of rotatable bonds is 2. The van der Waals surface area contributed by atoms with Gasteiger partial charge in [-0.15, -0.1) is 17.7 Å². The molecule has 3 aromatic carbocycles. The van der Waals surface area contributed by atoms with Gasteiger partial charge in [0.15, 0.2) is 15.6 Å². The van der Waals surface area contributed by atoms with E-state index in [0.717, 1.165) is 0 Å². The van der Waals surface area contributed by atoms with Crippen LogP contribution in [-0.4, -0.2) is 11.3 Å². The highest BCUT2D eigenvalue weighted by Gasteiger charge is 2.35. The molecule has 1 aliphatic heterocycles. The highest BCUT2D eigenvalue weighted by Crippen LogP contribution is 2.47. The minimum absolute atomic E-state index is 0.0472. The van der Waals surface area contributed by atoms with Crippen molar-refractivity contribution in [2.75, 3.05) is 0 Å². The van der Waals surface area contributed by atoms with E-state index in [1.807, 2.05) is 11.3 Å². The number of fused-ring (bicyclic) bond motifs is 4. The standard InChI is InChI=1S/C35H39NS/c1-22-25-10-8-9-11-26(25)30(34(2,3)4)21-29(22)32-33-28(16-19-36(32)7)27-13-12-24(20-31(27)37-33)23-14-17-35(5,6)18-15-23/h8-13,16,19-21,23H,7,14-15,17-18H2,1-6H3. The normalized spacial score (nSPS) is 18.1. The number of hydrogen-bond donors (Lipinski definition) is 0. The molecule has 190 valence electrons. The van der Waals surface area contributed by atoms with Gasteiger partial charge in [-0.3, -0.25) is 4.58 Å². The first-order valence-electron chi connectivity index (χ1n) is 13.8. The molecule has 0 N–H and O–H groups in total. The molecule has 1 nitrogen and oxygen atoms in total. The van der Waals surface area contributed by atoms with E-state index in [-0.39, 0.29) is 5.41 Å². The van der Waals surface area contributed by atoms with E-state index in [1.54, 1.807) is 0 Å². The minimum atomic E-state index is 0.0472. The summed E-state index contributed by atoms with van der Waals surface area (Å²) >= 11 is 1.94. The van der Waals surface area contributed by atoms with Gasteiger partial charge in [-0.05, 0) is 57.6 Å². The number of benzene rings is 3. The Balaban J connectivity index is 1.49. The summed E-state index contributed by atoms with van der Waals surface area (Å²) in [5.74, 6) is 0.692. The maximum absolute atomic E-state index is 4.46. The Morgan fingerprint density at radius 2 is 1.73 bits per heavy atom. The minimum Gasteiger partial charge on any atom is -0.257 e. The van der Waals surface area contributed by atoms with Crippen molar-refractivity contribution in [3.05, 3.63) is 93.5 Å². The first kappa shape index (κ1) is 24.5. The van der Waals surface area contributed by atoms with E-state index in [0.29, 0.717) is 11.3 Å². The second-order valence-corrected chi connectivity index (χ2v) is 14.1. The predicted octanol–water partition coefficient (Wildman–Crippen LogP) is 9.97. The quantitative estimate of drug-likeness (QED) is 0.145. The third-order valence-electron chi connectivity index (χ3n) is 8.86. The van der Waals surface area contributed by atoms with Crippen molar-refractivity contribution in [3.8, 4) is 0 Å². The Kier molecular flexibility index (Phi) is 5.69. The maximum atomic E-state index is 4.46. The lowest BCUT2D eigenvalue weighted by Crippen LogP contribution is -2.20. The SMILES string of the molecule is C=[N+]1C=Cc2c([s+][c-]3cc(C4CCC(C)(C)CC4)ccc23)[C-]1c1cc(C(C)(C)C)c2ccccc2c1C. The van der Waals surface area contributed by atoms with Gasteiger partial charge in [-0.1, -0.05) is 107 Å². The van der Waals surface area contributed by atoms with Crippen molar-refractivity contribution in [2.24, 2.45) is 5.41 Å². The molecule has 37 heavy (non-hydrogen) atoms. The zero-order valence-electron chi connectivity index (χ0n) is 23.2. The second-order valence-electron chi connectivity index (χ2n) is 13.1. The van der Waals surface area contributed by atoms with E-state index in [2.05, 4.69) is 114 Å². The van der Waals surface area contributed by atoms with Gasteiger partial charge in [-0.2, -0.15) is 0 Å². The average Bonchev–Trinajstić information content (AvgIpc) is 3.22. The van der Waals surface area contributed by atoms with Crippen LogP contribution in [0.15, 0.2) is 54.7 Å². The summed E-state index contributed by atoms with van der Waals surface area (Å²) in [6.07, 6.45) is 9.66. The number of nitrogens with zero attached hydrogens (tertiary/aromatic N) is 1. The van der Waals surface area contributed by atoms with Gasteiger partial charge in [0.2, 0.25) is 0 Å². The molecule has 0 unspecified atom stereocenters. The molecule has 0 saturated heterocycles. The molecule has 1 aromatic heterocycles. The van der Waals surface area contributed by atoms with Crippen LogP contribution in [0.4, 0.5) is 0 Å². The van der Waals surface area contributed by atoms with Crippen molar-refractivity contribution < 1.29 is 4.58 Å². The van der Waals surface area contributed by atoms with Gasteiger partial charge < -0.3 is 0 Å². The highest BCUT2D eigenvalue weighted by molar-refractivity contribution is 7.19. The topological polar surface area (TPSA) is 3.01 Å². The monoisotopic (exact) mass is 505 g/mol. The van der Waals surface area contributed by atoms with E-state index in [4.69, 9.17) is 0 Å². The highest BCUT2D eigenvalue weighted by atomic mass is 32.1. The molecule has 1 fully saturated rings. The van der Waals surface area contributed by atoms with Crippen LogP contribution in [0.25, 0.3) is 26.9 Å². The average molecular weight is 506 g/mol. The number of hydrogen-bond acceptors (Lipinski definition) is 0. The van der Waals surface area contributed by atoms with Crippen LogP contribution in [-0.2, 0) is 5.41 Å². The maximum Gasteiger partial charge on any atom is 0.197 e. The summed E-state index contributed by atoms with van der Waals surface area (Å²) in [6.45, 7) is 18.5. The fraction of sp³-hybridized carbons (Fsp3) is 0.371. The first-order chi connectivity index (χ1) is 17.5. The molecule has 4 aromatic rings. The third-order valence-corrected chi connectivity index (χ3v) is 10.0. The fourth-order valence-electron chi connectivity index (χ4n) is 6.49. The Morgan fingerprint density at radius 1 is 1.03 bits per heavy atom. The molecular weight excluding hydrogens is 466 g/mol. The van der Waals surface area contributed by atoms with E-state index < -0.39 is 0 Å². The zero-order valence-corrected chi connectivity index (χ0v) is 24.1. The lowest BCUT2D eigenvalue weighted by Gasteiger charge is -2.35. The molecule has 1 aliphatic carbocycles. The Labute approximate surface area is 226 Å². The van der Waals surface area contributed by atoms with Crippen molar-refractivity contribution in [1.82, 2.24) is 0 Å². The predicted molar refractivity (Wildman–Crippen MR) is 162 cm³/mol. The molecular formula is C35H39NS. The smallest absolute Gasteiger partial charge is 0.197 e. The Bertz CT molecular complexity index is 1560. The van der Waals surface area contributed by atoms with Crippen LogP contribution in [0, 0.1) is 18.4 Å². The molecule has 2 heteroatoms. The van der Waals surface area contributed by atoms with Gasteiger partial charge >= 0.3 is 0 Å². The summed E-state index contributed by atoms with van der Waals surface area (Å²) < 4.78 is 3.49. The summed E-state index contributed by atoms with van der Waals surface area (Å²) in [5.41, 5.74) is 7.43. The van der Waals surface area contributed by atoms with Crippen molar-refractivity contribution in [3.63, 3.8) is 0 Å². The molecule has 2 heterocycles. The van der Waals surface area contributed by atoms with Crippen molar-refractivity contribution >= 4 is 45.0 Å². The lowest BCUT2D eigenvalue weighted by atomic mass is 9.71. The number of aryl methyl sites for hydroxylation is 1. The zero-order chi connectivity index (χ0) is 26.1. The van der Waals surface area contributed by atoms with Crippen LogP contribution >= 0.6 is 11.3 Å². The summed E-state index contributed by atoms with van der Waals surface area (Å²) in [6, 6.07) is 19.8. The summed E-state index contributed by atoms with van der Waals surface area (Å²) in [4.78, 5) is 1.34. The van der Waals surface area contributed by atoms with Crippen LogP contribution in [0.5, 0.6) is 0 Å². The van der Waals surface area contributed by atoms with E-state index >= 15 is 0 Å². The molecule has 1 saturated carbocycles. The van der Waals surface area contributed by atoms with Gasteiger partial charge in [-0.25, -0.2) is 0 Å². The molecule has 0 radical (unpaired) electrons. The van der Waals surface area contributed by atoms with Gasteiger partial charge in [0, 0.05) is 0 Å². The van der Waals surface area contributed by atoms with Gasteiger partial charge in [0.1, 0.15) is 17.5 Å². The second kappa shape index (κ2) is 8.60. The fourth-order valence-corrected chi connectivity index (χ4v) is 7.81. The Morgan fingerprint density at radius 3 is 2.43 bits per heavy atom. The lowest BCUT2D eigenvalue weighted by molar-refractivity contribution is -0.417. The van der Waals surface area contributed by atoms with E-state index in [1.165, 1.54) is 85.3 Å². The van der Waals surface area contributed by atoms with E-state index in [9.17, 15) is 0 Å². The molecule has 0 spiro atoms. The van der Waals surface area contributed by atoms with Gasteiger partial charge in [0.05, 0.1) is 6.72 Å². The third kappa shape index (κ3) is 4.14.